The fraction of sp³-hybridized carbons (Fsp3) is 0.881. The van der Waals surface area contributed by atoms with Gasteiger partial charge in [-0.3, -0.25) is 9.59 Å². The number of aliphatic hydroxyl groups excluding tert-OH is 2. The van der Waals surface area contributed by atoms with Gasteiger partial charge in [0.15, 0.2) is 0 Å². The Morgan fingerprint density at radius 1 is 0.311 bits per heavy atom. The zero-order chi connectivity index (χ0) is 64.9. The average Bonchev–Trinajstić information content (AvgIpc) is 3.68. The molecule has 0 fully saturated rings. The molecule has 0 saturated carbocycles. The van der Waals surface area contributed by atoms with Gasteiger partial charge in [0, 0.05) is 12.8 Å². The van der Waals surface area contributed by atoms with E-state index in [1.54, 1.807) is 6.08 Å². The summed E-state index contributed by atoms with van der Waals surface area (Å²) in [6.45, 7) is 4.92. The molecule has 0 rings (SSSR count). The highest BCUT2D eigenvalue weighted by Gasteiger charge is 2.18. The maximum atomic E-state index is 12.6. The van der Waals surface area contributed by atoms with Gasteiger partial charge in [0.2, 0.25) is 5.91 Å². The maximum absolute atomic E-state index is 12.6. The smallest absolute Gasteiger partial charge is 0.305 e. The van der Waals surface area contributed by atoms with Gasteiger partial charge in [-0.2, -0.15) is 0 Å². The van der Waals surface area contributed by atoms with Crippen LogP contribution in [-0.4, -0.2) is 47.4 Å². The van der Waals surface area contributed by atoms with E-state index >= 15 is 0 Å². The number of ether oxygens (including phenoxy) is 1. The largest absolute Gasteiger partial charge is 0.466 e. The van der Waals surface area contributed by atoms with Crippen LogP contribution < -0.4 is 5.32 Å². The number of nitrogens with one attached hydrogen (secondary N) is 1. The van der Waals surface area contributed by atoms with Gasteiger partial charge in [-0.1, -0.05) is 396 Å². The quantitative estimate of drug-likeness (QED) is 0.0320. The molecule has 0 bridgehead atoms. The van der Waals surface area contributed by atoms with Crippen LogP contribution in [0.1, 0.15) is 450 Å². The van der Waals surface area contributed by atoms with Crippen LogP contribution in [-0.2, 0) is 14.3 Å². The third kappa shape index (κ3) is 74.9. The summed E-state index contributed by atoms with van der Waals surface area (Å²) in [5.41, 5.74) is 0. The molecule has 3 N–H and O–H groups in total. The summed E-state index contributed by atoms with van der Waals surface area (Å²) in [6, 6.07) is -0.627. The first kappa shape index (κ1) is 87.8. The van der Waals surface area contributed by atoms with E-state index in [0.29, 0.717) is 19.4 Å². The van der Waals surface area contributed by atoms with Crippen molar-refractivity contribution < 1.29 is 24.5 Å². The minimum atomic E-state index is -0.844. The first-order chi connectivity index (χ1) is 44.5. The molecule has 0 aromatic carbocycles. The minimum Gasteiger partial charge on any atom is -0.466 e. The SMILES string of the molecule is CCCCC/C=C\C/C=C\CCCCCCCC(=O)OCCCCCCCCCCCCCCCC/C=C\CCCCCCCCCCCCCCCCCCCC(=O)NC(CO)C(O)/C=C/CCCCCCCCCCCCCCCCCCCCCCC. The topological polar surface area (TPSA) is 95.9 Å². The molecule has 1 amide bonds. The highest BCUT2D eigenvalue weighted by Crippen LogP contribution is 2.20. The molecule has 0 radical (unpaired) electrons. The Labute approximate surface area is 563 Å². The summed E-state index contributed by atoms with van der Waals surface area (Å²) in [6.07, 6.45) is 105. The molecule has 0 saturated heterocycles. The number of unbranched alkanes of at least 4 members (excludes halogenated alkanes) is 60. The summed E-state index contributed by atoms with van der Waals surface area (Å²) in [4.78, 5) is 24.6. The summed E-state index contributed by atoms with van der Waals surface area (Å²) in [5, 5.41) is 23.3. The Balaban J connectivity index is 3.37. The van der Waals surface area contributed by atoms with Crippen molar-refractivity contribution in [2.75, 3.05) is 13.2 Å². The van der Waals surface area contributed by atoms with E-state index in [0.717, 1.165) is 51.4 Å². The van der Waals surface area contributed by atoms with E-state index in [2.05, 4.69) is 55.6 Å². The van der Waals surface area contributed by atoms with Crippen LogP contribution in [0.15, 0.2) is 48.6 Å². The van der Waals surface area contributed by atoms with E-state index in [1.165, 1.54) is 372 Å². The molecule has 0 aliphatic carbocycles. The van der Waals surface area contributed by atoms with Gasteiger partial charge >= 0.3 is 5.97 Å². The molecule has 0 spiro atoms. The van der Waals surface area contributed by atoms with Gasteiger partial charge in [-0.15, -0.1) is 0 Å². The monoisotopic (exact) mass is 1260 g/mol. The van der Waals surface area contributed by atoms with Crippen molar-refractivity contribution in [3.05, 3.63) is 48.6 Å². The number of hydrogen-bond acceptors (Lipinski definition) is 5. The van der Waals surface area contributed by atoms with Crippen LogP contribution in [0.5, 0.6) is 0 Å². The highest BCUT2D eigenvalue weighted by molar-refractivity contribution is 5.76. The van der Waals surface area contributed by atoms with E-state index in [1.807, 2.05) is 6.08 Å². The lowest BCUT2D eigenvalue weighted by molar-refractivity contribution is -0.143. The van der Waals surface area contributed by atoms with Crippen molar-refractivity contribution >= 4 is 11.9 Å². The molecule has 0 aromatic rings. The average molecular weight is 1260 g/mol. The van der Waals surface area contributed by atoms with Gasteiger partial charge in [-0.25, -0.2) is 0 Å². The third-order valence-electron chi connectivity index (χ3n) is 19.1. The van der Waals surface area contributed by atoms with E-state index in [4.69, 9.17) is 4.74 Å². The molecule has 530 valence electrons. The minimum absolute atomic E-state index is 0.00640. The molecule has 6 heteroatoms. The van der Waals surface area contributed by atoms with Gasteiger partial charge in [0.25, 0.3) is 0 Å². The van der Waals surface area contributed by atoms with Crippen molar-refractivity contribution in [1.29, 1.82) is 0 Å². The first-order valence-electron chi connectivity index (χ1n) is 40.9. The van der Waals surface area contributed by atoms with Crippen LogP contribution >= 0.6 is 0 Å². The standard InChI is InChI=1S/C84H159NO5/c1-3-5-7-9-11-13-15-17-19-20-21-22-36-39-42-45-49-52-56-60-64-68-72-76-82(87)81(80-86)85-83(88)77-73-69-65-61-57-53-50-46-43-40-37-34-32-30-28-26-24-23-25-27-29-31-33-35-38-41-44-47-51-55-59-63-67-71-75-79-90-84(89)78-74-70-66-62-58-54-48-18-16-14-12-10-8-6-4-2/h12,14,18,25,27,48,72,76,81-82,86-87H,3-11,13,15-17,19-24,26,28-47,49-71,73-75,77-80H2,1-2H3,(H,85,88)/b14-12-,27-25-,48-18-,76-72+. The number of allylic oxidation sites excluding steroid dienone is 7. The first-order valence-corrected chi connectivity index (χ1v) is 40.9. The maximum Gasteiger partial charge on any atom is 0.305 e. The molecule has 0 aromatic heterocycles. The van der Waals surface area contributed by atoms with Crippen LogP contribution in [0.2, 0.25) is 0 Å². The van der Waals surface area contributed by atoms with Crippen LogP contribution in [0.4, 0.5) is 0 Å². The lowest BCUT2D eigenvalue weighted by Crippen LogP contribution is -2.45. The molecule has 6 nitrogen and oxygen atoms in total. The van der Waals surface area contributed by atoms with E-state index in [9.17, 15) is 19.8 Å². The van der Waals surface area contributed by atoms with Gasteiger partial charge in [0.05, 0.1) is 25.4 Å². The lowest BCUT2D eigenvalue weighted by Gasteiger charge is -2.20. The zero-order valence-electron chi connectivity index (χ0n) is 60.9. The molecule has 0 aliphatic heterocycles. The molecule has 90 heavy (non-hydrogen) atoms. The summed E-state index contributed by atoms with van der Waals surface area (Å²) in [5.74, 6) is -0.0533. The van der Waals surface area contributed by atoms with E-state index < -0.39 is 12.1 Å². The Bertz CT molecular complexity index is 1500. The molecular weight excluding hydrogens is 1100 g/mol. The van der Waals surface area contributed by atoms with Crippen LogP contribution in [0.25, 0.3) is 0 Å². The Morgan fingerprint density at radius 3 is 0.878 bits per heavy atom. The third-order valence-corrected chi connectivity index (χ3v) is 19.1. The molecule has 0 heterocycles. The van der Waals surface area contributed by atoms with Crippen molar-refractivity contribution in [1.82, 2.24) is 5.32 Å². The van der Waals surface area contributed by atoms with Crippen LogP contribution in [0.3, 0.4) is 0 Å². The molecule has 2 atom stereocenters. The number of rotatable bonds is 77. The summed E-state index contributed by atoms with van der Waals surface area (Å²) in [7, 11) is 0. The Hall–Kier alpha value is -2.18. The van der Waals surface area contributed by atoms with Gasteiger partial charge < -0.3 is 20.3 Å². The number of aliphatic hydroxyl groups is 2. The van der Waals surface area contributed by atoms with Crippen molar-refractivity contribution in [3.8, 4) is 0 Å². The predicted molar refractivity (Wildman–Crippen MR) is 398 cm³/mol. The highest BCUT2D eigenvalue weighted by atomic mass is 16.5. The Morgan fingerprint density at radius 2 is 0.556 bits per heavy atom. The fourth-order valence-electron chi connectivity index (χ4n) is 12.8. The molecule has 0 aliphatic rings. The van der Waals surface area contributed by atoms with Crippen molar-refractivity contribution in [3.63, 3.8) is 0 Å². The number of hydrogen-bond donors (Lipinski definition) is 3. The summed E-state index contributed by atoms with van der Waals surface area (Å²) < 4.78 is 5.49. The van der Waals surface area contributed by atoms with Gasteiger partial charge in [-0.05, 0) is 89.9 Å². The second-order valence-corrected chi connectivity index (χ2v) is 28.1. The van der Waals surface area contributed by atoms with E-state index in [-0.39, 0.29) is 18.5 Å². The summed E-state index contributed by atoms with van der Waals surface area (Å²) >= 11 is 0. The Kier molecular flexibility index (Phi) is 77.3. The second kappa shape index (κ2) is 79.3. The molecular formula is C84H159NO5. The second-order valence-electron chi connectivity index (χ2n) is 28.1. The number of carbonyl (C=O) groups is 2. The predicted octanol–water partition coefficient (Wildman–Crippen LogP) is 27.2. The number of esters is 1. The number of amides is 1. The van der Waals surface area contributed by atoms with Crippen molar-refractivity contribution in [2.45, 2.75) is 463 Å². The lowest BCUT2D eigenvalue weighted by atomic mass is 10.0. The molecule has 2 unspecified atom stereocenters. The zero-order valence-corrected chi connectivity index (χ0v) is 60.9. The van der Waals surface area contributed by atoms with Crippen LogP contribution in [0, 0.1) is 0 Å². The number of carbonyl (C=O) groups excluding carboxylic acids is 2. The van der Waals surface area contributed by atoms with Crippen molar-refractivity contribution in [2.24, 2.45) is 0 Å². The van der Waals surface area contributed by atoms with Gasteiger partial charge in [0.1, 0.15) is 0 Å². The normalized spacial score (nSPS) is 12.7. The fourth-order valence-corrected chi connectivity index (χ4v) is 12.8.